The van der Waals surface area contributed by atoms with Crippen LogP contribution in [0.3, 0.4) is 0 Å². The van der Waals surface area contributed by atoms with Crippen LogP contribution in [-0.4, -0.2) is 22.1 Å². The average molecular weight is 365 g/mol. The van der Waals surface area contributed by atoms with E-state index in [9.17, 15) is 37.2 Å². The molecule has 3 N–H and O–H groups in total. The topological polar surface area (TPSA) is 89.4 Å². The number of phenolic OH excluding ortho intramolecular Hbond substituents is 1. The lowest BCUT2D eigenvalue weighted by molar-refractivity contribution is -0.386. The second-order valence-electron chi connectivity index (χ2n) is 3.72. The zero-order valence-corrected chi connectivity index (χ0v) is 10.9. The molecule has 1 atom stereocenters. The van der Waals surface area contributed by atoms with E-state index in [-0.39, 0.29) is 4.47 Å². The van der Waals surface area contributed by atoms with Crippen LogP contribution in [0.2, 0.25) is 0 Å². The Bertz CT molecular complexity index is 549. The van der Waals surface area contributed by atoms with Crippen LogP contribution in [-0.2, 0) is 0 Å². The van der Waals surface area contributed by atoms with Crippen LogP contribution >= 0.6 is 15.9 Å². The number of hydrogen-bond acceptors (Lipinski definition) is 4. The fraction of sp³-hybridized carbons (Fsp3) is 0.333. The van der Waals surface area contributed by atoms with Gasteiger partial charge in [-0.2, -0.15) is 22.0 Å². The van der Waals surface area contributed by atoms with E-state index in [0.717, 1.165) is 6.07 Å². The zero-order chi connectivity index (χ0) is 15.9. The normalized spacial score (nSPS) is 14.2. The highest BCUT2D eigenvalue weighted by Crippen LogP contribution is 2.47. The molecule has 1 aromatic carbocycles. The third-order valence-electron chi connectivity index (χ3n) is 2.38. The molecule has 0 aromatic heterocycles. The van der Waals surface area contributed by atoms with Crippen molar-refractivity contribution >= 4 is 21.6 Å². The summed E-state index contributed by atoms with van der Waals surface area (Å²) in [5.74, 6) is -6.70. The lowest BCUT2D eigenvalue weighted by atomic mass is 9.99. The fourth-order valence-corrected chi connectivity index (χ4v) is 1.82. The van der Waals surface area contributed by atoms with Gasteiger partial charge >= 0.3 is 17.8 Å². The Hall–Kier alpha value is -1.49. The lowest BCUT2D eigenvalue weighted by Gasteiger charge is -2.26. The number of nitrogens with two attached hydrogens (primary N) is 1. The van der Waals surface area contributed by atoms with Crippen LogP contribution in [0.5, 0.6) is 5.75 Å². The van der Waals surface area contributed by atoms with Gasteiger partial charge in [0.25, 0.3) is 0 Å². The minimum absolute atomic E-state index is 0.176. The molecular weight excluding hydrogens is 359 g/mol. The molecule has 0 saturated heterocycles. The van der Waals surface area contributed by atoms with E-state index >= 15 is 0 Å². The molecule has 0 bridgehead atoms. The highest BCUT2D eigenvalue weighted by atomic mass is 79.9. The van der Waals surface area contributed by atoms with Crippen LogP contribution in [0.1, 0.15) is 11.6 Å². The summed E-state index contributed by atoms with van der Waals surface area (Å²) in [6.07, 6.45) is -5.96. The third-order valence-corrected chi connectivity index (χ3v) is 2.84. The van der Waals surface area contributed by atoms with Crippen molar-refractivity contribution in [3.8, 4) is 5.75 Å². The molecule has 0 aliphatic carbocycles. The smallest absolute Gasteiger partial charge is 0.455 e. The first-order chi connectivity index (χ1) is 8.89. The maximum atomic E-state index is 13.1. The molecule has 0 heterocycles. The number of phenols is 1. The second-order valence-corrected chi connectivity index (χ2v) is 4.63. The second kappa shape index (κ2) is 5.13. The van der Waals surface area contributed by atoms with Crippen molar-refractivity contribution in [2.75, 3.05) is 0 Å². The number of nitrogens with zero attached hydrogens (tertiary/aromatic N) is 1. The first kappa shape index (κ1) is 16.6. The van der Waals surface area contributed by atoms with E-state index in [1.165, 1.54) is 0 Å². The zero-order valence-electron chi connectivity index (χ0n) is 9.29. The van der Waals surface area contributed by atoms with Crippen molar-refractivity contribution in [3.63, 3.8) is 0 Å². The third kappa shape index (κ3) is 2.82. The van der Waals surface area contributed by atoms with Gasteiger partial charge in [-0.1, -0.05) is 15.9 Å². The highest BCUT2D eigenvalue weighted by molar-refractivity contribution is 9.10. The molecule has 0 saturated carbocycles. The van der Waals surface area contributed by atoms with E-state index in [0.29, 0.717) is 6.07 Å². The van der Waals surface area contributed by atoms with E-state index < -0.39 is 40.1 Å². The summed E-state index contributed by atoms with van der Waals surface area (Å²) in [5.41, 5.74) is 2.70. The Labute approximate surface area is 116 Å². The van der Waals surface area contributed by atoms with E-state index in [1.807, 2.05) is 0 Å². The first-order valence-corrected chi connectivity index (χ1v) is 5.55. The molecule has 0 aliphatic rings. The van der Waals surface area contributed by atoms with Crippen LogP contribution < -0.4 is 5.73 Å². The number of hydrogen-bond donors (Lipinski definition) is 2. The summed E-state index contributed by atoms with van der Waals surface area (Å²) in [4.78, 5) is 9.43. The summed E-state index contributed by atoms with van der Waals surface area (Å²) in [6.45, 7) is 0. The maximum absolute atomic E-state index is 13.1. The highest BCUT2D eigenvalue weighted by Gasteiger charge is 2.62. The van der Waals surface area contributed by atoms with Crippen molar-refractivity contribution in [1.29, 1.82) is 0 Å². The minimum Gasteiger partial charge on any atom is -0.502 e. The summed E-state index contributed by atoms with van der Waals surface area (Å²) < 4.78 is 62.7. The Balaban J connectivity index is 3.44. The molecule has 1 aromatic rings. The molecule has 0 aliphatic heterocycles. The molecule has 5 nitrogen and oxygen atoms in total. The van der Waals surface area contributed by atoms with Gasteiger partial charge in [0.2, 0.25) is 0 Å². The molecule has 1 rings (SSSR count). The predicted molar refractivity (Wildman–Crippen MR) is 60.4 cm³/mol. The molecule has 0 unspecified atom stereocenters. The number of nitro benzene ring substituents is 1. The standard InChI is InChI=1S/C9H6BrF5N2O3/c10-3-1-4(6(18)5(2-3)17(19)20)7(16)8(11,12)9(13,14)15/h1-2,7,18H,16H2/t7-/m1/s1. The van der Waals surface area contributed by atoms with Gasteiger partial charge in [-0.05, 0) is 6.07 Å². The number of halogens is 6. The SMILES string of the molecule is N[C@H](c1cc(Br)cc([N+](=O)[O-])c1O)C(F)(F)C(F)(F)F. The molecule has 112 valence electrons. The van der Waals surface area contributed by atoms with Gasteiger partial charge in [0.1, 0.15) is 6.04 Å². The summed E-state index contributed by atoms with van der Waals surface area (Å²) in [7, 11) is 0. The molecule has 0 amide bonds. The average Bonchev–Trinajstić information content (AvgIpc) is 2.28. The van der Waals surface area contributed by atoms with E-state index in [2.05, 4.69) is 15.9 Å². The largest absolute Gasteiger partial charge is 0.502 e. The van der Waals surface area contributed by atoms with Crippen LogP contribution in [0, 0.1) is 10.1 Å². The molecule has 0 fully saturated rings. The number of nitro groups is 1. The van der Waals surface area contributed by atoms with Crippen molar-refractivity contribution in [2.45, 2.75) is 18.1 Å². The quantitative estimate of drug-likeness (QED) is 0.489. The van der Waals surface area contributed by atoms with Crippen LogP contribution in [0.25, 0.3) is 0 Å². The lowest BCUT2D eigenvalue weighted by Crippen LogP contribution is -2.45. The number of benzene rings is 1. The number of rotatable bonds is 3. The van der Waals surface area contributed by atoms with Crippen molar-refractivity contribution in [3.05, 3.63) is 32.3 Å². The summed E-state index contributed by atoms with van der Waals surface area (Å²) in [5, 5.41) is 20.0. The van der Waals surface area contributed by atoms with E-state index in [4.69, 9.17) is 5.73 Å². The predicted octanol–water partition coefficient (Wildman–Crippen LogP) is 3.26. The van der Waals surface area contributed by atoms with Crippen molar-refractivity contribution < 1.29 is 32.0 Å². The number of alkyl halides is 5. The minimum atomic E-state index is -5.96. The molecule has 0 spiro atoms. The molecule has 11 heteroatoms. The summed E-state index contributed by atoms with van der Waals surface area (Å²) >= 11 is 2.70. The maximum Gasteiger partial charge on any atom is 0.455 e. The first-order valence-electron chi connectivity index (χ1n) is 4.76. The Morgan fingerprint density at radius 3 is 2.20 bits per heavy atom. The Morgan fingerprint density at radius 1 is 1.30 bits per heavy atom. The van der Waals surface area contributed by atoms with Crippen molar-refractivity contribution in [1.82, 2.24) is 0 Å². The van der Waals surface area contributed by atoms with Gasteiger partial charge in [-0.3, -0.25) is 10.1 Å². The Morgan fingerprint density at radius 2 is 1.80 bits per heavy atom. The van der Waals surface area contributed by atoms with Crippen molar-refractivity contribution in [2.24, 2.45) is 5.73 Å². The monoisotopic (exact) mass is 364 g/mol. The number of aromatic hydroxyl groups is 1. The van der Waals surface area contributed by atoms with Crippen LogP contribution in [0.4, 0.5) is 27.6 Å². The van der Waals surface area contributed by atoms with Crippen LogP contribution in [0.15, 0.2) is 16.6 Å². The fourth-order valence-electron chi connectivity index (χ4n) is 1.35. The molecular formula is C9H6BrF5N2O3. The molecule has 20 heavy (non-hydrogen) atoms. The Kier molecular flexibility index (Phi) is 4.25. The van der Waals surface area contributed by atoms with Gasteiger partial charge in [0, 0.05) is 16.1 Å². The van der Waals surface area contributed by atoms with Gasteiger partial charge in [-0.15, -0.1) is 0 Å². The summed E-state index contributed by atoms with van der Waals surface area (Å²) in [6, 6.07) is -1.58. The van der Waals surface area contributed by atoms with Gasteiger partial charge in [-0.25, -0.2) is 0 Å². The molecule has 0 radical (unpaired) electrons. The van der Waals surface area contributed by atoms with E-state index in [1.54, 1.807) is 0 Å². The van der Waals surface area contributed by atoms with Gasteiger partial charge in [0.15, 0.2) is 5.75 Å². The van der Waals surface area contributed by atoms with Gasteiger partial charge in [0.05, 0.1) is 4.92 Å². The van der Waals surface area contributed by atoms with Gasteiger partial charge < -0.3 is 10.8 Å².